The number of carbonyl (C=O) groups excluding carboxylic acids is 4. The maximum atomic E-state index is 13.7. The zero-order chi connectivity index (χ0) is 62.4. The molecule has 0 radical (unpaired) electrons. The highest BCUT2D eigenvalue weighted by molar-refractivity contribution is 5.93. The molecule has 0 saturated heterocycles. The second-order valence-corrected chi connectivity index (χ2v) is 12.5. The third-order valence-electron chi connectivity index (χ3n) is 6.74. The van der Waals surface area contributed by atoms with Gasteiger partial charge in [-0.05, 0) is 149 Å². The summed E-state index contributed by atoms with van der Waals surface area (Å²) in [6.45, 7) is 1.88. The van der Waals surface area contributed by atoms with E-state index in [0.717, 1.165) is 0 Å². The Hall–Kier alpha value is -16.6. The largest absolute Gasteiger partial charge is 0.446 e. The van der Waals surface area contributed by atoms with Crippen LogP contribution < -0.4 is 0 Å². The number of unbranched alkanes of at least 4 members (excludes halogenated alkanes) is 2. The molecule has 0 heterocycles. The van der Waals surface area contributed by atoms with Crippen molar-refractivity contribution >= 4 is 23.9 Å². The SMILES string of the molecule is C#CC#CC#CC#CC#CC#CC#CC#CC#CC#CC#COC(=O)CC(CC(=O)OC#CC#CC#CC#CC#CC#CC#CC#CC#CC#CC#C)(OC(=O)CCCCC)C(=O)OC#CC#CC#CC#CC#CC#CC#CC#CC#CC#CC#C. The number of terminal acetylenes is 3. The standard InChI is InChI=1S/C78H18O8/c1-5-9-13-16-19-22-25-28-31-34-37-40-43-46-49-52-55-58-61-65-69-83-75(80)72-78(86-74(79)68-64-12-8-4,77(82)85-71-67-63-60-57-54-51-48-45-42-39-36-33-30-27-24-21-18-15-11-7-3)73-76(81)84-70-66-62-59-56-53-50-47-44-41-38-35-32-29-26-23-20-17-14-10-6-2/h1-3H,8,12,64,68,72-73H2,4H3. The minimum absolute atomic E-state index is 0.232. The third kappa shape index (κ3) is 48.3. The average molecular weight is 1080 g/mol. The highest BCUT2D eigenvalue weighted by Crippen LogP contribution is 2.26. The average Bonchev–Trinajstić information content (AvgIpc) is 1.93. The van der Waals surface area contributed by atoms with Crippen molar-refractivity contribution in [3.8, 4) is 393 Å². The van der Waals surface area contributed by atoms with Crippen LogP contribution in [0.3, 0.4) is 0 Å². The first-order valence-corrected chi connectivity index (χ1v) is 22.5. The zero-order valence-electron chi connectivity index (χ0n) is 44.2. The van der Waals surface area contributed by atoms with Gasteiger partial charge in [0, 0.05) is 220 Å². The summed E-state index contributed by atoms with van der Waals surface area (Å²) < 4.78 is 20.3. The van der Waals surface area contributed by atoms with Crippen LogP contribution in [-0.2, 0) is 38.1 Å². The molecular weight excluding hydrogens is 1060 g/mol. The molecule has 378 valence electrons. The van der Waals surface area contributed by atoms with Crippen molar-refractivity contribution in [2.24, 2.45) is 0 Å². The fourth-order valence-electron chi connectivity index (χ4n) is 3.76. The molecule has 8 nitrogen and oxygen atoms in total. The quantitative estimate of drug-likeness (QED) is 0.139. The Morgan fingerprint density at radius 3 is 0.674 bits per heavy atom. The van der Waals surface area contributed by atoms with Crippen LogP contribution in [0.15, 0.2) is 0 Å². The minimum Gasteiger partial charge on any atom is -0.446 e. The Bertz CT molecular complexity index is 4840. The second-order valence-electron chi connectivity index (χ2n) is 12.5. The molecule has 0 unspecified atom stereocenters. The Morgan fingerprint density at radius 1 is 0.267 bits per heavy atom. The molecule has 0 bridgehead atoms. The van der Waals surface area contributed by atoms with E-state index in [1.54, 1.807) is 0 Å². The van der Waals surface area contributed by atoms with Gasteiger partial charge >= 0.3 is 23.9 Å². The van der Waals surface area contributed by atoms with Crippen molar-refractivity contribution < 1.29 is 38.1 Å². The molecule has 0 aliphatic heterocycles. The van der Waals surface area contributed by atoms with Crippen LogP contribution in [-0.4, -0.2) is 29.5 Å². The summed E-state index contributed by atoms with van der Waals surface area (Å²) in [6.07, 6.45) is 20.0. The van der Waals surface area contributed by atoms with Crippen molar-refractivity contribution in [3.05, 3.63) is 0 Å². The monoisotopic (exact) mass is 1080 g/mol. The van der Waals surface area contributed by atoms with Gasteiger partial charge in [-0.2, -0.15) is 0 Å². The number of carbonyl (C=O) groups is 4. The van der Waals surface area contributed by atoms with Crippen LogP contribution in [0.5, 0.6) is 0 Å². The molecule has 0 saturated carbocycles. The molecule has 0 atom stereocenters. The molecule has 0 aliphatic carbocycles. The van der Waals surface area contributed by atoms with E-state index in [1.165, 1.54) is 0 Å². The number of hydrogen-bond acceptors (Lipinski definition) is 8. The Morgan fingerprint density at radius 2 is 0.465 bits per heavy atom. The lowest BCUT2D eigenvalue weighted by molar-refractivity contribution is -0.185. The lowest BCUT2D eigenvalue weighted by atomic mass is 9.94. The molecule has 0 N–H and O–H groups in total. The lowest BCUT2D eigenvalue weighted by Crippen LogP contribution is -2.48. The fraction of sp³-hybridized carbons (Fsp3) is 0.103. The first kappa shape index (κ1) is 69.4. The predicted molar refractivity (Wildman–Crippen MR) is 320 cm³/mol. The maximum Gasteiger partial charge on any atom is 0.365 e. The van der Waals surface area contributed by atoms with Gasteiger partial charge in [0.25, 0.3) is 0 Å². The van der Waals surface area contributed by atoms with Crippen LogP contribution in [0.4, 0.5) is 0 Å². The highest BCUT2D eigenvalue weighted by atomic mass is 16.6. The zero-order valence-corrected chi connectivity index (χ0v) is 44.2. The summed E-state index contributed by atoms with van der Waals surface area (Å²) in [7, 11) is 0. The van der Waals surface area contributed by atoms with Crippen LogP contribution in [0.1, 0.15) is 45.4 Å². The smallest absolute Gasteiger partial charge is 0.365 e. The fourth-order valence-corrected chi connectivity index (χ4v) is 3.76. The van der Waals surface area contributed by atoms with Gasteiger partial charge in [-0.3, -0.25) is 14.4 Å². The molecule has 0 aliphatic rings. The molecular formula is C78H18O8. The van der Waals surface area contributed by atoms with E-state index in [9.17, 15) is 19.2 Å². The van der Waals surface area contributed by atoms with E-state index in [0.29, 0.717) is 19.3 Å². The van der Waals surface area contributed by atoms with Gasteiger partial charge in [0.05, 0.1) is 12.8 Å². The molecule has 0 amide bonds. The van der Waals surface area contributed by atoms with Crippen molar-refractivity contribution in [2.45, 2.75) is 51.0 Å². The Labute approximate surface area is 503 Å². The molecule has 0 spiro atoms. The van der Waals surface area contributed by atoms with Crippen molar-refractivity contribution in [1.82, 2.24) is 0 Å². The van der Waals surface area contributed by atoms with Gasteiger partial charge in [-0.1, -0.05) is 19.8 Å². The molecule has 0 aromatic carbocycles. The van der Waals surface area contributed by atoms with Gasteiger partial charge in [0.15, 0.2) is 0 Å². The van der Waals surface area contributed by atoms with Gasteiger partial charge in [0.2, 0.25) is 5.60 Å². The first-order chi connectivity index (χ1) is 42.3. The molecule has 0 fully saturated rings. The van der Waals surface area contributed by atoms with E-state index < -0.39 is 42.3 Å². The first-order valence-electron chi connectivity index (χ1n) is 22.5. The van der Waals surface area contributed by atoms with Gasteiger partial charge in [-0.25, -0.2) is 4.79 Å². The van der Waals surface area contributed by atoms with E-state index in [1.807, 2.05) is 25.2 Å². The van der Waals surface area contributed by atoms with E-state index in [2.05, 4.69) is 355 Å². The Kier molecular flexibility index (Phi) is 45.2. The van der Waals surface area contributed by atoms with Gasteiger partial charge in [0.1, 0.15) is 18.3 Å². The van der Waals surface area contributed by atoms with Crippen molar-refractivity contribution in [1.29, 1.82) is 0 Å². The maximum absolute atomic E-state index is 13.7. The molecule has 8 heteroatoms. The Balaban J connectivity index is 6.53. The molecule has 86 heavy (non-hydrogen) atoms. The summed E-state index contributed by atoms with van der Waals surface area (Å²) in [5.74, 6) is 138. The third-order valence-corrected chi connectivity index (χ3v) is 6.74. The van der Waals surface area contributed by atoms with Crippen LogP contribution in [0.2, 0.25) is 0 Å². The van der Waals surface area contributed by atoms with Crippen LogP contribution in [0.25, 0.3) is 0 Å². The summed E-state index contributed by atoms with van der Waals surface area (Å²) in [5.41, 5.74) is -2.75. The van der Waals surface area contributed by atoms with Gasteiger partial charge in [-0.15, -0.1) is 19.3 Å². The number of ether oxygens (including phenoxy) is 4. The number of rotatable bonds is 10. The normalized spacial score (nSPS) is 5.70. The highest BCUT2D eigenvalue weighted by Gasteiger charge is 2.49. The van der Waals surface area contributed by atoms with E-state index >= 15 is 0 Å². The summed E-state index contributed by atoms with van der Waals surface area (Å²) in [5, 5.41) is 0. The summed E-state index contributed by atoms with van der Waals surface area (Å²) in [6, 6.07) is 0. The molecule has 0 aromatic heterocycles. The van der Waals surface area contributed by atoms with E-state index in [4.69, 9.17) is 38.2 Å². The number of esters is 4. The predicted octanol–water partition coefficient (Wildman–Crippen LogP) is 1.13. The number of hydrogen-bond donors (Lipinski definition) is 0. The summed E-state index contributed by atoms with van der Waals surface area (Å²) >= 11 is 0. The van der Waals surface area contributed by atoms with Crippen molar-refractivity contribution in [3.63, 3.8) is 0 Å². The van der Waals surface area contributed by atoms with Crippen LogP contribution >= 0.6 is 0 Å². The topological polar surface area (TPSA) is 105 Å². The minimum atomic E-state index is -2.75. The van der Waals surface area contributed by atoms with E-state index in [-0.39, 0.29) is 6.42 Å². The van der Waals surface area contributed by atoms with Crippen LogP contribution in [0, 0.1) is 393 Å². The van der Waals surface area contributed by atoms with Gasteiger partial charge < -0.3 is 18.9 Å². The second kappa shape index (κ2) is 56.1. The lowest BCUT2D eigenvalue weighted by Gasteiger charge is -2.27. The molecule has 0 rings (SSSR count). The molecule has 0 aromatic rings. The summed E-state index contributed by atoms with van der Waals surface area (Å²) in [4.78, 5) is 53.2. The van der Waals surface area contributed by atoms with Crippen molar-refractivity contribution in [2.75, 3.05) is 0 Å².